The van der Waals surface area contributed by atoms with Crippen molar-refractivity contribution >= 4 is 44.5 Å². The summed E-state index contributed by atoms with van der Waals surface area (Å²) in [5.74, 6) is -2.63. The standard InChI is InChI=1S/C46H49F3N8O9S/c1-64-38-22-32(20-29-25-57(46(61)40(29)38)37-8-9-39(58)52-45(37)60)66-19-17-55-14-12-54(13-15-55)16-18-65-31-4-2-27(3-5-31)28-21-33-34(24-51-44(33)50-23-28)43(59)41-35(48)6-7-36(42(41)49)53-67(62,63)56-11-10-30(47)26-56/h2-7,20-24,30,37,39,53,58H,8-19,25-26H2,1H3,(H,50,51)(H,52,60)/t30-,37-,39?/m1/s1. The van der Waals surface area contributed by atoms with Crippen LogP contribution in [0.25, 0.3) is 22.2 Å². The van der Waals surface area contributed by atoms with Gasteiger partial charge in [0.05, 0.1) is 23.9 Å². The fraction of sp³-hybridized carbons (Fsp3) is 0.391. The molecule has 3 atom stereocenters. The monoisotopic (exact) mass is 946 g/mol. The summed E-state index contributed by atoms with van der Waals surface area (Å²) in [6, 6.07) is 13.5. The van der Waals surface area contributed by atoms with Crippen molar-refractivity contribution in [3.8, 4) is 28.4 Å². The summed E-state index contributed by atoms with van der Waals surface area (Å²) in [6.45, 7) is 5.47. The van der Waals surface area contributed by atoms with Crippen LogP contribution in [0.3, 0.4) is 0 Å². The summed E-state index contributed by atoms with van der Waals surface area (Å²) in [5.41, 5.74) is 1.16. The zero-order chi connectivity index (χ0) is 47.0. The lowest BCUT2D eigenvalue weighted by Crippen LogP contribution is -2.54. The molecule has 0 bridgehead atoms. The number of amides is 2. The van der Waals surface area contributed by atoms with Crippen molar-refractivity contribution in [3.05, 3.63) is 101 Å². The van der Waals surface area contributed by atoms with Crippen LogP contribution in [0.2, 0.25) is 0 Å². The maximum atomic E-state index is 15.7. The summed E-state index contributed by atoms with van der Waals surface area (Å²) >= 11 is 0. The van der Waals surface area contributed by atoms with Gasteiger partial charge in [-0.25, -0.2) is 18.2 Å². The molecule has 4 N–H and O–H groups in total. The van der Waals surface area contributed by atoms with Gasteiger partial charge in [0, 0.05) is 93.9 Å². The molecule has 5 aromatic rings. The third-order valence-electron chi connectivity index (χ3n) is 12.7. The van der Waals surface area contributed by atoms with Crippen LogP contribution in [-0.4, -0.2) is 151 Å². The van der Waals surface area contributed by atoms with Gasteiger partial charge in [-0.2, -0.15) is 12.7 Å². The average molecular weight is 947 g/mol. The van der Waals surface area contributed by atoms with Crippen LogP contribution in [0.4, 0.5) is 18.9 Å². The quantitative estimate of drug-likeness (QED) is 0.104. The van der Waals surface area contributed by atoms with E-state index in [1.165, 1.54) is 18.2 Å². The topological polar surface area (TPSA) is 199 Å². The Labute approximate surface area is 384 Å². The molecule has 2 aromatic heterocycles. The second-order valence-corrected chi connectivity index (χ2v) is 18.6. The lowest BCUT2D eigenvalue weighted by atomic mass is 10.00. The number of nitrogens with zero attached hydrogens (tertiary/aromatic N) is 5. The number of aromatic nitrogens is 2. The second-order valence-electron chi connectivity index (χ2n) is 16.9. The van der Waals surface area contributed by atoms with E-state index >= 15 is 8.78 Å². The molecule has 3 fully saturated rings. The fourth-order valence-electron chi connectivity index (χ4n) is 8.98. The summed E-state index contributed by atoms with van der Waals surface area (Å²) in [6.07, 6.45) is 1.37. The number of halogens is 3. The number of aliphatic hydroxyl groups excluding tert-OH is 1. The lowest BCUT2D eigenvalue weighted by molar-refractivity contribution is -0.132. The van der Waals surface area contributed by atoms with E-state index in [0.29, 0.717) is 72.0 Å². The Morgan fingerprint density at radius 1 is 0.910 bits per heavy atom. The maximum Gasteiger partial charge on any atom is 0.301 e. The van der Waals surface area contributed by atoms with Crippen LogP contribution in [0.15, 0.2) is 67.0 Å². The van der Waals surface area contributed by atoms with Crippen molar-refractivity contribution in [2.24, 2.45) is 0 Å². The highest BCUT2D eigenvalue weighted by atomic mass is 32.2. The van der Waals surface area contributed by atoms with Gasteiger partial charge < -0.3 is 34.5 Å². The Bertz CT molecular complexity index is 2810. The number of ether oxygens (including phenoxy) is 3. The molecule has 3 saturated heterocycles. The number of benzene rings is 3. The first-order valence-corrected chi connectivity index (χ1v) is 23.4. The number of H-pyrrole nitrogens is 1. The molecule has 6 heterocycles. The van der Waals surface area contributed by atoms with E-state index in [1.807, 2.05) is 35.1 Å². The van der Waals surface area contributed by atoms with Gasteiger partial charge >= 0.3 is 10.2 Å². The highest BCUT2D eigenvalue weighted by molar-refractivity contribution is 7.90. The van der Waals surface area contributed by atoms with Crippen molar-refractivity contribution in [2.45, 2.75) is 44.2 Å². The molecule has 17 nitrogen and oxygen atoms in total. The molecule has 0 spiro atoms. The van der Waals surface area contributed by atoms with Gasteiger partial charge in [0.2, 0.25) is 11.7 Å². The van der Waals surface area contributed by atoms with Crippen molar-refractivity contribution in [1.82, 2.24) is 34.3 Å². The Balaban J connectivity index is 0.744. The van der Waals surface area contributed by atoms with E-state index in [-0.39, 0.29) is 36.9 Å². The molecule has 9 rings (SSSR count). The lowest BCUT2D eigenvalue weighted by Gasteiger charge is -2.34. The second kappa shape index (κ2) is 19.2. The molecular formula is C46H49F3N8O9S. The highest BCUT2D eigenvalue weighted by Gasteiger charge is 2.41. The number of methoxy groups -OCH3 is 1. The van der Waals surface area contributed by atoms with Crippen LogP contribution in [0.5, 0.6) is 17.2 Å². The number of hydrogen-bond donors (Lipinski definition) is 4. The van der Waals surface area contributed by atoms with Crippen LogP contribution >= 0.6 is 0 Å². The molecule has 4 aliphatic rings. The van der Waals surface area contributed by atoms with Gasteiger partial charge in [0.15, 0.2) is 5.82 Å². The van der Waals surface area contributed by atoms with Crippen LogP contribution in [0.1, 0.15) is 51.1 Å². The number of rotatable bonds is 16. The third kappa shape index (κ3) is 9.64. The third-order valence-corrected chi connectivity index (χ3v) is 14.2. The largest absolute Gasteiger partial charge is 0.496 e. The molecule has 4 aliphatic heterocycles. The first kappa shape index (κ1) is 45.9. The minimum atomic E-state index is -4.36. The predicted molar refractivity (Wildman–Crippen MR) is 239 cm³/mol. The summed E-state index contributed by atoms with van der Waals surface area (Å²) in [7, 11) is -2.87. The Hall–Kier alpha value is -6.26. The SMILES string of the molecule is COc1cc(OCCN2CCN(CCOc3ccc(-c4cnc5[nH]cc(C(=O)c6c(F)ccc(NS(=O)(=O)N7CC[C@@H](F)C7)c6F)c5c4)cc3)CC2)cc2c1C(=O)N([C@@H]1CCC(O)NC1=O)C2. The van der Waals surface area contributed by atoms with Gasteiger partial charge in [-0.15, -0.1) is 0 Å². The number of alkyl halides is 1. The summed E-state index contributed by atoms with van der Waals surface area (Å²) in [4.78, 5) is 53.0. The number of hydrogen-bond acceptors (Lipinski definition) is 12. The first-order valence-electron chi connectivity index (χ1n) is 22.0. The number of ketones is 1. The van der Waals surface area contributed by atoms with Gasteiger partial charge in [-0.3, -0.25) is 28.9 Å². The van der Waals surface area contributed by atoms with Crippen molar-refractivity contribution in [2.75, 3.05) is 77.4 Å². The van der Waals surface area contributed by atoms with Crippen molar-refractivity contribution in [1.29, 1.82) is 0 Å². The maximum absolute atomic E-state index is 15.7. The number of nitrogens with one attached hydrogen (secondary N) is 3. The molecule has 1 unspecified atom stereocenters. The van der Waals surface area contributed by atoms with Crippen LogP contribution < -0.4 is 24.2 Å². The van der Waals surface area contributed by atoms with Crippen LogP contribution in [0, 0.1) is 11.6 Å². The molecule has 3 aromatic carbocycles. The van der Waals surface area contributed by atoms with E-state index in [4.69, 9.17) is 14.2 Å². The zero-order valence-corrected chi connectivity index (χ0v) is 37.3. The highest BCUT2D eigenvalue weighted by Crippen LogP contribution is 2.37. The Morgan fingerprint density at radius 3 is 2.30 bits per heavy atom. The number of pyridine rings is 1. The summed E-state index contributed by atoms with van der Waals surface area (Å²) in [5, 5.41) is 12.6. The van der Waals surface area contributed by atoms with Crippen LogP contribution in [-0.2, 0) is 21.5 Å². The predicted octanol–water partition coefficient (Wildman–Crippen LogP) is 4.08. The van der Waals surface area contributed by atoms with Gasteiger partial charge in [-0.05, 0) is 66.8 Å². The number of carbonyl (C=O) groups excluding carboxylic acids is 3. The Morgan fingerprint density at radius 2 is 1.63 bits per heavy atom. The molecule has 0 saturated carbocycles. The number of anilines is 1. The van der Waals surface area contributed by atoms with Gasteiger partial charge in [0.25, 0.3) is 5.91 Å². The number of carbonyl (C=O) groups is 3. The number of piperazine rings is 1. The fourth-order valence-corrected chi connectivity index (χ4v) is 10.3. The van der Waals surface area contributed by atoms with Crippen molar-refractivity contribution in [3.63, 3.8) is 0 Å². The van der Waals surface area contributed by atoms with E-state index < -0.39 is 63.9 Å². The number of fused-ring (bicyclic) bond motifs is 2. The summed E-state index contributed by atoms with van der Waals surface area (Å²) < 4.78 is 90.7. The number of piperidine rings is 1. The van der Waals surface area contributed by atoms with E-state index in [2.05, 4.69) is 25.1 Å². The molecule has 2 amide bonds. The molecule has 0 radical (unpaired) electrons. The zero-order valence-electron chi connectivity index (χ0n) is 36.5. The molecule has 21 heteroatoms. The minimum Gasteiger partial charge on any atom is -0.496 e. The van der Waals surface area contributed by atoms with E-state index in [1.54, 1.807) is 18.3 Å². The van der Waals surface area contributed by atoms with E-state index in [9.17, 15) is 32.3 Å². The van der Waals surface area contributed by atoms with Gasteiger partial charge in [-0.1, -0.05) is 12.1 Å². The normalized spacial score (nSPS) is 20.6. The smallest absolute Gasteiger partial charge is 0.301 e. The molecule has 0 aliphatic carbocycles. The average Bonchev–Trinajstić information content (AvgIpc) is 4.05. The number of aliphatic hydroxyl groups is 1. The minimum absolute atomic E-state index is 0.00451. The van der Waals surface area contributed by atoms with Gasteiger partial charge in [0.1, 0.15) is 60.4 Å². The van der Waals surface area contributed by atoms with Crippen molar-refractivity contribution < 1.29 is 55.3 Å². The number of aromatic amines is 1. The Kier molecular flexibility index (Phi) is 13.1. The first-order chi connectivity index (χ1) is 32.3. The molecular weight excluding hydrogens is 898 g/mol. The van der Waals surface area contributed by atoms with E-state index in [0.717, 1.165) is 60.3 Å². The molecule has 354 valence electrons. The molecule has 67 heavy (non-hydrogen) atoms.